The van der Waals surface area contributed by atoms with E-state index >= 15 is 0 Å². The van der Waals surface area contributed by atoms with Crippen LogP contribution in [0.15, 0.2) is 71.9 Å². The van der Waals surface area contributed by atoms with E-state index in [0.29, 0.717) is 46.4 Å². The molecule has 0 spiro atoms. The summed E-state index contributed by atoms with van der Waals surface area (Å²) in [4.78, 5) is 97.2. The number of nitrogens with one attached hydrogen (secondary N) is 2. The first-order chi connectivity index (χ1) is 44.6. The number of carbonyl (C=O) groups is 7. The summed E-state index contributed by atoms with van der Waals surface area (Å²) in [5.74, 6) is -2.71. The number of epoxide rings is 2. The van der Waals surface area contributed by atoms with Crippen molar-refractivity contribution in [3.05, 3.63) is 104 Å². The molecule has 4 saturated heterocycles. The standard InChI is InChI=1S/C36H50ClN3O9S2.C33H45ClN2O8/c1-20-11-10-12-27(46-8)36(45)19-26(47-34(44)38-36)22(3)32-35(5,49-32)28(48-33(43)23(4)39(6)29(41)13-14-51-50-9)18-30(42)40(7)25-17-24(15-20)16-21(2)31(25)37;1-9-19(3)30(38)43-26-16-27(37)36(7)23-15-22(14-20(4)28(23)34)13-18(2)11-10-12-25(41-8)33(40)17-24(42-31(39)35-33)21(5)29-32(26,6)44-29/h10-12,16-17,22-23,26-28,32,45H,13-15,18-19H2,1-9H3,(H,38,44);10-12,14-15,19,21,24-26,29,40H,9,13,16-17H2,1-8H3,(H,35,39)/b12-10+,20-11+;12-10+,18-11+/t22-,23-,26-,27+,28-,32+,35-,36-;19-,21+,24+,25-,26+,29-,32+,33+/m01/s1. The van der Waals surface area contributed by atoms with Crippen LogP contribution in [0.1, 0.15) is 123 Å². The van der Waals surface area contributed by atoms with Crippen LogP contribution in [0.3, 0.4) is 0 Å². The predicted molar refractivity (Wildman–Crippen MR) is 366 cm³/mol. The van der Waals surface area contributed by atoms with Gasteiger partial charge in [-0.3, -0.25) is 29.8 Å². The molecule has 2 aromatic carbocycles. The minimum Gasteiger partial charge on any atom is -0.458 e. The summed E-state index contributed by atoms with van der Waals surface area (Å²) >= 11 is 13.5. The van der Waals surface area contributed by atoms with Gasteiger partial charge in [0.1, 0.15) is 53.9 Å². The Hall–Kier alpha value is -5.67. The fourth-order valence-corrected chi connectivity index (χ4v) is 14.4. The van der Waals surface area contributed by atoms with Gasteiger partial charge < -0.3 is 62.8 Å². The molecule has 524 valence electrons. The minimum absolute atomic E-state index is 0.0178. The zero-order valence-electron chi connectivity index (χ0n) is 57.5. The maximum absolute atomic E-state index is 14.1. The minimum atomic E-state index is -1.80. The van der Waals surface area contributed by atoms with E-state index in [4.69, 9.17) is 61.1 Å². The molecule has 22 nitrogen and oxygen atoms in total. The fraction of sp³-hybridized carbons (Fsp3) is 0.609. The van der Waals surface area contributed by atoms with Gasteiger partial charge in [0.05, 0.1) is 52.4 Å². The van der Waals surface area contributed by atoms with Crippen LogP contribution in [0.25, 0.3) is 0 Å². The van der Waals surface area contributed by atoms with Gasteiger partial charge in [-0.1, -0.05) is 132 Å². The van der Waals surface area contributed by atoms with E-state index in [1.54, 1.807) is 94.7 Å². The lowest BCUT2D eigenvalue weighted by molar-refractivity contribution is -0.162. The van der Waals surface area contributed by atoms with Crippen LogP contribution in [-0.2, 0) is 74.7 Å². The summed E-state index contributed by atoms with van der Waals surface area (Å²) in [5.41, 5.74) is 0.755. The lowest BCUT2D eigenvalue weighted by Crippen LogP contribution is -2.63. The van der Waals surface area contributed by atoms with Crippen LogP contribution in [0, 0.1) is 31.6 Å². The Balaban J connectivity index is 0.000000271. The molecule has 0 radical (unpaired) electrons. The molecule has 2 aromatic rings. The van der Waals surface area contributed by atoms with Crippen molar-refractivity contribution in [1.29, 1.82) is 0 Å². The van der Waals surface area contributed by atoms with Gasteiger partial charge in [0.15, 0.2) is 11.4 Å². The number of carbonyl (C=O) groups excluding carboxylic acids is 7. The summed E-state index contributed by atoms with van der Waals surface area (Å²) in [6.07, 6.45) is 6.02. The zero-order valence-corrected chi connectivity index (χ0v) is 60.6. The molecular weight excluding hydrogens is 1310 g/mol. The maximum Gasteiger partial charge on any atom is 0.409 e. The quantitative estimate of drug-likeness (QED) is 0.0505. The third-order valence-corrected chi connectivity index (χ3v) is 22.1. The zero-order chi connectivity index (χ0) is 70.4. The topological polar surface area (TPSA) is 274 Å². The Bertz CT molecular complexity index is 3330. The highest BCUT2D eigenvalue weighted by molar-refractivity contribution is 8.76. The lowest BCUT2D eigenvalue weighted by atomic mass is 9.83. The van der Waals surface area contributed by atoms with E-state index in [2.05, 4.69) is 10.6 Å². The Kier molecular flexibility index (Phi) is 25.7. The van der Waals surface area contributed by atoms with Gasteiger partial charge in [0, 0.05) is 72.2 Å². The van der Waals surface area contributed by atoms with Gasteiger partial charge in [0.2, 0.25) is 17.7 Å². The number of hydrogen-bond donors (Lipinski definition) is 4. The molecule has 8 bridgehead atoms. The number of esters is 2. The SMILES string of the molecule is CC[C@@H](C)C(=O)O[C@H]1CC(=O)N(C)c2cc(cc(C)c2Cl)C/C(C)=C/C=C/[C@@H](OC)[C@@]2(O)C[C@H](OC(=O)N2)[C@H](C)[C@H]2O[C@@]12C.CO[C@@H]1/C=C/C=C(\C)Cc2cc(C)c(Cl)c(c2)N(C)C(=O)C[C@H](OC(=O)[C@H](C)N(C)C(=O)CCSSC)[C@]2(C)O[C@@H]2[C@@H](C)[C@@H]2C[C@@]1(O)NC(=O)O2. The van der Waals surface area contributed by atoms with Crippen LogP contribution < -0.4 is 20.4 Å². The Morgan fingerprint density at radius 1 is 0.716 bits per heavy atom. The van der Waals surface area contributed by atoms with E-state index in [1.165, 1.54) is 28.9 Å². The molecule has 8 rings (SSSR count). The maximum atomic E-state index is 14.1. The molecule has 4 fully saturated rings. The van der Waals surface area contributed by atoms with Gasteiger partial charge >= 0.3 is 24.1 Å². The van der Waals surface area contributed by atoms with Gasteiger partial charge in [-0.25, -0.2) is 14.4 Å². The fourth-order valence-electron chi connectivity index (χ4n) is 12.7. The highest BCUT2D eigenvalue weighted by Crippen LogP contribution is 2.51. The van der Waals surface area contributed by atoms with E-state index in [9.17, 15) is 43.8 Å². The summed E-state index contributed by atoms with van der Waals surface area (Å²) in [7, 11) is 10.8. The number of rotatable bonds is 12. The van der Waals surface area contributed by atoms with Gasteiger partial charge in [-0.05, 0) is 108 Å². The molecule has 0 saturated carbocycles. The number of benzene rings is 2. The predicted octanol–water partition coefficient (Wildman–Crippen LogP) is 10.2. The highest BCUT2D eigenvalue weighted by atomic mass is 35.5. The van der Waals surface area contributed by atoms with E-state index in [1.807, 2.05) is 91.1 Å². The number of likely N-dealkylation sites (N-methyl/N-ethyl adjacent to an activating group) is 1. The summed E-state index contributed by atoms with van der Waals surface area (Å²) in [5, 5.41) is 29.2. The third kappa shape index (κ3) is 18.0. The monoisotopic (exact) mass is 1400 g/mol. The number of ether oxygens (including phenoxy) is 8. The molecule has 5 amide bonds. The van der Waals surface area contributed by atoms with Crippen molar-refractivity contribution in [2.24, 2.45) is 17.8 Å². The molecule has 0 unspecified atom stereocenters. The van der Waals surface area contributed by atoms with Crippen molar-refractivity contribution in [1.82, 2.24) is 15.5 Å². The number of aliphatic hydroxyl groups is 2. The largest absolute Gasteiger partial charge is 0.458 e. The van der Waals surface area contributed by atoms with Crippen LogP contribution in [0.5, 0.6) is 0 Å². The van der Waals surface area contributed by atoms with Crippen LogP contribution in [0.2, 0.25) is 10.0 Å². The number of halogens is 2. The van der Waals surface area contributed by atoms with E-state index in [-0.39, 0.29) is 55.7 Å². The van der Waals surface area contributed by atoms with Crippen LogP contribution >= 0.6 is 44.8 Å². The molecule has 26 heteroatoms. The second-order valence-electron chi connectivity index (χ2n) is 26.4. The van der Waals surface area contributed by atoms with Crippen molar-refractivity contribution in [2.45, 2.75) is 205 Å². The number of alkyl carbamates (subject to hydrolysis) is 2. The summed E-state index contributed by atoms with van der Waals surface area (Å²) < 4.78 is 47.0. The average Bonchev–Trinajstić information content (AvgIpc) is 1.58. The Morgan fingerprint density at radius 2 is 1.13 bits per heavy atom. The Labute approximate surface area is 576 Å². The molecule has 6 aliphatic heterocycles. The number of anilines is 2. The van der Waals surface area contributed by atoms with Crippen LogP contribution in [0.4, 0.5) is 21.0 Å². The summed E-state index contributed by atoms with van der Waals surface area (Å²) in [6.45, 7) is 20.1. The van der Waals surface area contributed by atoms with Gasteiger partial charge in [0.25, 0.3) is 0 Å². The number of allylic oxidation sites excluding steroid dienone is 6. The first-order valence-corrected chi connectivity index (χ1v) is 35.5. The van der Waals surface area contributed by atoms with Crippen molar-refractivity contribution in [3.8, 4) is 0 Å². The number of nitrogens with zero attached hydrogens (tertiary/aromatic N) is 3. The first kappa shape index (κ1) is 76.7. The molecule has 6 heterocycles. The van der Waals surface area contributed by atoms with Crippen molar-refractivity contribution in [3.63, 3.8) is 0 Å². The number of hydrogen-bond acceptors (Lipinski definition) is 19. The summed E-state index contributed by atoms with van der Waals surface area (Å²) in [6, 6.07) is 6.75. The lowest BCUT2D eigenvalue weighted by Gasteiger charge is -2.42. The molecule has 6 aliphatic rings. The van der Waals surface area contributed by atoms with Gasteiger partial charge in [-0.2, -0.15) is 0 Å². The third-order valence-electron chi connectivity index (χ3n) is 19.3. The second-order valence-corrected chi connectivity index (χ2v) is 29.8. The number of methoxy groups -OCH3 is 2. The number of fused-ring (bicyclic) bond motifs is 10. The van der Waals surface area contributed by atoms with Crippen molar-refractivity contribution in [2.75, 3.05) is 57.2 Å². The second kappa shape index (κ2) is 31.9. The van der Waals surface area contributed by atoms with E-state index in [0.717, 1.165) is 33.4 Å². The molecule has 4 N–H and O–H groups in total. The van der Waals surface area contributed by atoms with Crippen molar-refractivity contribution < 1.29 is 81.7 Å². The van der Waals surface area contributed by atoms with Crippen molar-refractivity contribution >= 4 is 98.0 Å². The smallest absolute Gasteiger partial charge is 0.409 e. The average molecular weight is 1400 g/mol. The number of amides is 5. The highest BCUT2D eigenvalue weighted by Gasteiger charge is 2.66. The van der Waals surface area contributed by atoms with Gasteiger partial charge in [-0.15, -0.1) is 0 Å². The molecule has 0 aromatic heterocycles. The normalized spacial score (nSPS) is 33.6. The molecule has 95 heavy (non-hydrogen) atoms. The molecular formula is C69H95Cl2N5O17S2. The number of aryl methyl sites for hydroxylation is 2. The van der Waals surface area contributed by atoms with Crippen LogP contribution in [-0.4, -0.2) is 182 Å². The molecule has 16 atom stereocenters. The van der Waals surface area contributed by atoms with E-state index < -0.39 is 113 Å². The first-order valence-electron chi connectivity index (χ1n) is 32.0. The Morgan fingerprint density at radius 3 is 1.52 bits per heavy atom. The molecule has 0 aliphatic carbocycles.